The number of imide groups is 1. The van der Waals surface area contributed by atoms with Crippen LogP contribution in [-0.4, -0.2) is 33.8 Å². The number of nitrogens with zero attached hydrogens (tertiary/aromatic N) is 1. The van der Waals surface area contributed by atoms with Crippen LogP contribution in [-0.2, 0) is 11.2 Å². The second-order valence-electron chi connectivity index (χ2n) is 5.23. The van der Waals surface area contributed by atoms with E-state index >= 15 is 0 Å². The van der Waals surface area contributed by atoms with Gasteiger partial charge in [0.1, 0.15) is 5.75 Å². The first-order valence-corrected chi connectivity index (χ1v) is 6.94. The molecule has 0 fully saturated rings. The highest BCUT2D eigenvalue weighted by atomic mass is 16.4. The number of aliphatic carboxylic acids is 1. The van der Waals surface area contributed by atoms with Gasteiger partial charge in [-0.25, -0.2) is 0 Å². The van der Waals surface area contributed by atoms with Crippen molar-refractivity contribution in [2.75, 3.05) is 0 Å². The Bertz CT molecular complexity index is 762. The van der Waals surface area contributed by atoms with Gasteiger partial charge in [0.05, 0.1) is 23.1 Å². The van der Waals surface area contributed by atoms with Gasteiger partial charge in [-0.3, -0.25) is 14.5 Å². The number of amides is 2. The predicted molar refractivity (Wildman–Crippen MR) is 77.5 cm³/mol. The average molecular weight is 310 g/mol. The molecule has 0 aromatic heterocycles. The summed E-state index contributed by atoms with van der Waals surface area (Å²) in [6.07, 6.45) is -0.0892. The van der Waals surface area contributed by atoms with Gasteiger partial charge in [-0.15, -0.1) is 0 Å². The summed E-state index contributed by atoms with van der Waals surface area (Å²) in [7, 11) is 0. The number of carbonyl (C=O) groups excluding carboxylic acids is 3. The van der Waals surface area contributed by atoms with E-state index in [1.807, 2.05) is 0 Å². The van der Waals surface area contributed by atoms with Gasteiger partial charge in [0.25, 0.3) is 11.8 Å². The lowest BCUT2D eigenvalue weighted by Gasteiger charge is -2.27. The molecule has 0 saturated heterocycles. The van der Waals surface area contributed by atoms with E-state index < -0.39 is 23.8 Å². The van der Waals surface area contributed by atoms with E-state index in [9.17, 15) is 24.6 Å². The van der Waals surface area contributed by atoms with Gasteiger partial charge in [-0.1, -0.05) is 24.3 Å². The van der Waals surface area contributed by atoms with Crippen molar-refractivity contribution in [3.05, 3.63) is 65.2 Å². The maximum absolute atomic E-state index is 12.4. The fourth-order valence-corrected chi connectivity index (χ4v) is 2.63. The fraction of sp³-hybridized carbons (Fsp3) is 0.118. The van der Waals surface area contributed by atoms with E-state index in [-0.39, 0.29) is 23.3 Å². The number of carboxylic acid groups (broad SMARTS) is 1. The van der Waals surface area contributed by atoms with E-state index in [2.05, 4.69) is 0 Å². The van der Waals surface area contributed by atoms with E-state index in [1.165, 1.54) is 36.4 Å². The summed E-state index contributed by atoms with van der Waals surface area (Å²) in [5.41, 5.74) is 0.942. The maximum Gasteiger partial charge on any atom is 0.262 e. The monoisotopic (exact) mass is 310 g/mol. The molecule has 2 aromatic carbocycles. The molecule has 6 nitrogen and oxygen atoms in total. The van der Waals surface area contributed by atoms with Gasteiger partial charge < -0.3 is 15.0 Å². The van der Waals surface area contributed by atoms with Crippen LogP contribution in [0.15, 0.2) is 48.5 Å². The molecule has 0 aliphatic carbocycles. The Morgan fingerprint density at radius 3 is 2.00 bits per heavy atom. The van der Waals surface area contributed by atoms with Gasteiger partial charge in [0.2, 0.25) is 0 Å². The Labute approximate surface area is 131 Å². The molecule has 1 atom stereocenters. The number of carbonyl (C=O) groups is 3. The van der Waals surface area contributed by atoms with Gasteiger partial charge >= 0.3 is 0 Å². The second-order valence-corrected chi connectivity index (χ2v) is 5.23. The molecule has 2 amide bonds. The minimum atomic E-state index is -1.51. The minimum Gasteiger partial charge on any atom is -0.548 e. The largest absolute Gasteiger partial charge is 0.548 e. The van der Waals surface area contributed by atoms with Crippen LogP contribution >= 0.6 is 0 Å². The quantitative estimate of drug-likeness (QED) is 0.822. The zero-order valence-corrected chi connectivity index (χ0v) is 11.9. The van der Waals surface area contributed by atoms with Crippen LogP contribution in [0.1, 0.15) is 26.3 Å². The molecule has 0 saturated carbocycles. The number of phenolic OH excluding ortho intramolecular Hbond substituents is 1. The molecular weight excluding hydrogens is 298 g/mol. The van der Waals surface area contributed by atoms with Crippen molar-refractivity contribution in [3.63, 3.8) is 0 Å². The van der Waals surface area contributed by atoms with Crippen molar-refractivity contribution in [2.45, 2.75) is 12.5 Å². The highest BCUT2D eigenvalue weighted by molar-refractivity contribution is 6.22. The summed E-state index contributed by atoms with van der Waals surface area (Å²) in [5, 5.41) is 20.8. The fourth-order valence-electron chi connectivity index (χ4n) is 2.63. The molecule has 23 heavy (non-hydrogen) atoms. The molecule has 1 aliphatic heterocycles. The smallest absolute Gasteiger partial charge is 0.262 e. The van der Waals surface area contributed by atoms with Crippen LogP contribution in [0.4, 0.5) is 0 Å². The molecule has 6 heteroatoms. The third-order valence-electron chi connectivity index (χ3n) is 3.77. The summed E-state index contributed by atoms with van der Waals surface area (Å²) in [6.45, 7) is 0. The third-order valence-corrected chi connectivity index (χ3v) is 3.77. The summed E-state index contributed by atoms with van der Waals surface area (Å²) in [5.74, 6) is -2.75. The van der Waals surface area contributed by atoms with Crippen molar-refractivity contribution in [1.82, 2.24) is 4.90 Å². The molecule has 3 rings (SSSR count). The molecule has 0 radical (unpaired) electrons. The number of fused-ring (bicyclic) bond motifs is 1. The Morgan fingerprint density at radius 2 is 1.52 bits per heavy atom. The zero-order valence-electron chi connectivity index (χ0n) is 11.9. The third kappa shape index (κ3) is 2.55. The summed E-state index contributed by atoms with van der Waals surface area (Å²) in [4.78, 5) is 37.0. The molecule has 0 spiro atoms. The normalized spacial score (nSPS) is 14.7. The molecule has 1 N–H and O–H groups in total. The number of rotatable bonds is 4. The molecule has 2 aromatic rings. The maximum atomic E-state index is 12.4. The van der Waals surface area contributed by atoms with Crippen LogP contribution < -0.4 is 5.11 Å². The van der Waals surface area contributed by atoms with E-state index in [0.29, 0.717) is 5.56 Å². The first kappa shape index (κ1) is 14.8. The highest BCUT2D eigenvalue weighted by Gasteiger charge is 2.40. The highest BCUT2D eigenvalue weighted by Crippen LogP contribution is 2.26. The van der Waals surface area contributed by atoms with Gasteiger partial charge in [0, 0.05) is 0 Å². The van der Waals surface area contributed by atoms with E-state index in [4.69, 9.17) is 0 Å². The van der Waals surface area contributed by atoms with Crippen molar-refractivity contribution in [3.8, 4) is 5.75 Å². The van der Waals surface area contributed by atoms with E-state index in [1.54, 1.807) is 12.1 Å². The molecule has 0 bridgehead atoms. The lowest BCUT2D eigenvalue weighted by Crippen LogP contribution is -2.51. The Hall–Kier alpha value is -3.15. The Balaban J connectivity index is 1.94. The summed E-state index contributed by atoms with van der Waals surface area (Å²) in [6, 6.07) is 10.7. The van der Waals surface area contributed by atoms with Crippen LogP contribution in [0, 0.1) is 0 Å². The topological polar surface area (TPSA) is 97.7 Å². The van der Waals surface area contributed by atoms with Crippen molar-refractivity contribution in [2.24, 2.45) is 0 Å². The summed E-state index contributed by atoms with van der Waals surface area (Å²) < 4.78 is 0. The number of hydrogen-bond acceptors (Lipinski definition) is 5. The van der Waals surface area contributed by atoms with Gasteiger partial charge in [-0.2, -0.15) is 0 Å². The Morgan fingerprint density at radius 1 is 1.00 bits per heavy atom. The number of phenols is 1. The average Bonchev–Trinajstić information content (AvgIpc) is 2.79. The zero-order chi connectivity index (χ0) is 16.6. The van der Waals surface area contributed by atoms with Crippen LogP contribution in [0.2, 0.25) is 0 Å². The molecule has 1 heterocycles. The van der Waals surface area contributed by atoms with Crippen molar-refractivity contribution >= 4 is 17.8 Å². The van der Waals surface area contributed by atoms with Crippen LogP contribution in [0.25, 0.3) is 0 Å². The Kier molecular flexibility index (Phi) is 3.57. The number of hydrogen-bond donors (Lipinski definition) is 1. The first-order valence-electron chi connectivity index (χ1n) is 6.94. The predicted octanol–water partition coefficient (Wildman–Crippen LogP) is 0.349. The molecular formula is C17H12NO5-. The second kappa shape index (κ2) is 5.57. The first-order chi connectivity index (χ1) is 11.0. The van der Waals surface area contributed by atoms with E-state index in [0.717, 1.165) is 4.90 Å². The van der Waals surface area contributed by atoms with Crippen LogP contribution in [0.3, 0.4) is 0 Å². The SMILES string of the molecule is O=C([O-])[C@@H](Cc1ccc(O)cc1)N1C(=O)c2ccccc2C1=O. The molecule has 1 aliphatic rings. The number of benzene rings is 2. The lowest BCUT2D eigenvalue weighted by molar-refractivity contribution is -0.310. The van der Waals surface area contributed by atoms with Crippen molar-refractivity contribution < 1.29 is 24.6 Å². The minimum absolute atomic E-state index is 0.0412. The molecule has 116 valence electrons. The lowest BCUT2D eigenvalue weighted by atomic mass is 10.0. The summed E-state index contributed by atoms with van der Waals surface area (Å²) >= 11 is 0. The van der Waals surface area contributed by atoms with Gasteiger partial charge in [-0.05, 0) is 36.2 Å². The van der Waals surface area contributed by atoms with Gasteiger partial charge in [0.15, 0.2) is 0 Å². The van der Waals surface area contributed by atoms with Crippen molar-refractivity contribution in [1.29, 1.82) is 0 Å². The molecule has 0 unspecified atom stereocenters. The number of carboxylic acids is 1. The standard InChI is InChI=1S/C17H13NO5/c19-11-7-5-10(6-8-11)9-14(17(22)23)18-15(20)12-3-1-2-4-13(12)16(18)21/h1-8,14,19H,9H2,(H,22,23)/p-1/t14-/m1/s1. The number of aromatic hydroxyl groups is 1. The van der Waals surface area contributed by atoms with Crippen LogP contribution in [0.5, 0.6) is 5.75 Å².